The summed E-state index contributed by atoms with van der Waals surface area (Å²) in [5.41, 5.74) is 2.41. The largest absolute Gasteiger partial charge is 0.461 e. The Hall–Kier alpha value is -2.30. The molecule has 4 heteroatoms. The van der Waals surface area contributed by atoms with Gasteiger partial charge in [0, 0.05) is 44.1 Å². The molecule has 0 aliphatic heterocycles. The number of rotatable bonds is 4. The van der Waals surface area contributed by atoms with Crippen LogP contribution in [0.3, 0.4) is 0 Å². The molecule has 0 atom stereocenters. The van der Waals surface area contributed by atoms with Gasteiger partial charge in [-0.3, -0.25) is 0 Å². The minimum absolute atomic E-state index is 0.907. The molecule has 0 aliphatic carbocycles. The molecule has 0 saturated heterocycles. The van der Waals surface area contributed by atoms with Crippen molar-refractivity contribution in [2.45, 2.75) is 26.7 Å². The molecule has 0 fully saturated rings. The van der Waals surface area contributed by atoms with E-state index in [0.29, 0.717) is 0 Å². The summed E-state index contributed by atoms with van der Waals surface area (Å²) < 4.78 is 14.8. The van der Waals surface area contributed by atoms with Crippen LogP contribution in [0.4, 0.5) is 0 Å². The van der Waals surface area contributed by atoms with Crippen molar-refractivity contribution in [1.82, 2.24) is 0 Å². The lowest BCUT2D eigenvalue weighted by Gasteiger charge is -2.09. The van der Waals surface area contributed by atoms with Gasteiger partial charge < -0.3 is 8.83 Å². The lowest BCUT2D eigenvalue weighted by Crippen LogP contribution is -1.83. The van der Waals surface area contributed by atoms with Gasteiger partial charge >= 0.3 is 0 Å². The summed E-state index contributed by atoms with van der Waals surface area (Å²) >= 11 is 3.54. The monoisotopic (exact) mass is 378 g/mol. The second kappa shape index (κ2) is 6.15. The zero-order valence-electron chi connectivity index (χ0n) is 14.7. The summed E-state index contributed by atoms with van der Waals surface area (Å²) in [5.74, 6) is 3.96. The van der Waals surface area contributed by atoms with Crippen LogP contribution in [0.15, 0.2) is 56.0 Å². The normalized spacial score (nSPS) is 11.8. The van der Waals surface area contributed by atoms with E-state index in [1.807, 2.05) is 0 Å². The molecule has 2 nitrogen and oxygen atoms in total. The van der Waals surface area contributed by atoms with Gasteiger partial charge in [0.25, 0.3) is 0 Å². The Morgan fingerprint density at radius 1 is 0.654 bits per heavy atom. The van der Waals surface area contributed by atoms with E-state index >= 15 is 0 Å². The highest BCUT2D eigenvalue weighted by Crippen LogP contribution is 2.48. The molecule has 0 spiro atoms. The standard InChI is InChI=1S/C22H18O2S2/c1-3-13-5-7-17(23-13)19-15-9-11-26-22(15)20(16-10-12-25-21(16)19)18-8-6-14(4-2)24-18/h5-12H,3-4H2,1-2H3. The van der Waals surface area contributed by atoms with Crippen LogP contribution in [-0.4, -0.2) is 0 Å². The summed E-state index contributed by atoms with van der Waals surface area (Å²) in [4.78, 5) is 0. The highest BCUT2D eigenvalue weighted by atomic mass is 32.1. The smallest absolute Gasteiger partial charge is 0.136 e. The van der Waals surface area contributed by atoms with Gasteiger partial charge in [0.2, 0.25) is 0 Å². The first-order valence-electron chi connectivity index (χ1n) is 8.88. The number of fused-ring (bicyclic) bond motifs is 2. The van der Waals surface area contributed by atoms with Gasteiger partial charge in [0.1, 0.15) is 23.0 Å². The Bertz CT molecular complexity index is 1070. The fraction of sp³-hybridized carbons (Fsp3) is 0.182. The van der Waals surface area contributed by atoms with E-state index in [4.69, 9.17) is 8.83 Å². The topological polar surface area (TPSA) is 26.3 Å². The van der Waals surface area contributed by atoms with E-state index in [2.05, 4.69) is 61.0 Å². The van der Waals surface area contributed by atoms with Crippen molar-refractivity contribution in [3.05, 3.63) is 58.7 Å². The van der Waals surface area contributed by atoms with Gasteiger partial charge in [0.05, 0.1) is 0 Å². The number of thiophene rings is 2. The van der Waals surface area contributed by atoms with Gasteiger partial charge in [-0.25, -0.2) is 0 Å². The van der Waals surface area contributed by atoms with E-state index in [0.717, 1.165) is 35.9 Å². The van der Waals surface area contributed by atoms with Crippen LogP contribution in [0.2, 0.25) is 0 Å². The van der Waals surface area contributed by atoms with Crippen LogP contribution in [-0.2, 0) is 12.8 Å². The first-order valence-corrected chi connectivity index (χ1v) is 10.6. The van der Waals surface area contributed by atoms with Gasteiger partial charge in [-0.2, -0.15) is 0 Å². The van der Waals surface area contributed by atoms with Crippen molar-refractivity contribution in [3.63, 3.8) is 0 Å². The summed E-state index contributed by atoms with van der Waals surface area (Å²) in [6.45, 7) is 4.24. The lowest BCUT2D eigenvalue weighted by atomic mass is 9.99. The molecule has 26 heavy (non-hydrogen) atoms. The summed E-state index contributed by atoms with van der Waals surface area (Å²) in [7, 11) is 0. The van der Waals surface area contributed by atoms with Crippen molar-refractivity contribution >= 4 is 42.8 Å². The van der Waals surface area contributed by atoms with E-state index in [1.54, 1.807) is 22.7 Å². The molecule has 0 saturated carbocycles. The second-order valence-corrected chi connectivity index (χ2v) is 8.15. The molecule has 0 unspecified atom stereocenters. The number of hydrogen-bond acceptors (Lipinski definition) is 4. The van der Waals surface area contributed by atoms with E-state index < -0.39 is 0 Å². The highest BCUT2D eigenvalue weighted by molar-refractivity contribution is 7.20. The zero-order valence-corrected chi connectivity index (χ0v) is 16.3. The number of hydrogen-bond donors (Lipinski definition) is 0. The van der Waals surface area contributed by atoms with Crippen LogP contribution in [0, 0.1) is 0 Å². The van der Waals surface area contributed by atoms with E-state index in [9.17, 15) is 0 Å². The molecular weight excluding hydrogens is 360 g/mol. The van der Waals surface area contributed by atoms with E-state index in [-0.39, 0.29) is 0 Å². The fourth-order valence-electron chi connectivity index (χ4n) is 3.54. The maximum atomic E-state index is 6.13. The molecule has 4 heterocycles. The average Bonchev–Trinajstić information content (AvgIpc) is 3.45. The Morgan fingerprint density at radius 3 is 1.50 bits per heavy atom. The van der Waals surface area contributed by atoms with Crippen molar-refractivity contribution < 1.29 is 8.83 Å². The molecule has 5 aromatic rings. The van der Waals surface area contributed by atoms with Gasteiger partial charge in [-0.1, -0.05) is 13.8 Å². The first kappa shape index (κ1) is 15.9. The lowest BCUT2D eigenvalue weighted by molar-refractivity contribution is 0.529. The molecule has 1 aromatic carbocycles. The molecule has 4 aromatic heterocycles. The maximum Gasteiger partial charge on any atom is 0.136 e. The van der Waals surface area contributed by atoms with Crippen LogP contribution in [0.5, 0.6) is 0 Å². The van der Waals surface area contributed by atoms with Crippen molar-refractivity contribution in [1.29, 1.82) is 0 Å². The third-order valence-electron chi connectivity index (χ3n) is 4.84. The predicted octanol–water partition coefficient (Wildman–Crippen LogP) is 7.76. The molecule has 0 amide bonds. The molecule has 0 bridgehead atoms. The molecule has 130 valence electrons. The molecular formula is C22H18O2S2. The van der Waals surface area contributed by atoms with Crippen LogP contribution in [0.1, 0.15) is 25.4 Å². The Kier molecular flexibility index (Phi) is 3.76. The Labute approximate surface area is 159 Å². The third kappa shape index (κ3) is 2.29. The van der Waals surface area contributed by atoms with E-state index in [1.165, 1.54) is 31.3 Å². The maximum absolute atomic E-state index is 6.13. The van der Waals surface area contributed by atoms with Crippen LogP contribution in [0.25, 0.3) is 42.8 Å². The van der Waals surface area contributed by atoms with Crippen LogP contribution >= 0.6 is 22.7 Å². The van der Waals surface area contributed by atoms with Gasteiger partial charge in [-0.05, 0) is 47.2 Å². The van der Waals surface area contributed by atoms with Crippen LogP contribution < -0.4 is 0 Å². The van der Waals surface area contributed by atoms with Crippen molar-refractivity contribution in [2.75, 3.05) is 0 Å². The van der Waals surface area contributed by atoms with Crippen molar-refractivity contribution in [2.24, 2.45) is 0 Å². The Morgan fingerprint density at radius 2 is 1.12 bits per heavy atom. The second-order valence-electron chi connectivity index (χ2n) is 6.32. The van der Waals surface area contributed by atoms with Gasteiger partial charge in [0.15, 0.2) is 0 Å². The minimum atomic E-state index is 0.907. The number of benzene rings is 1. The predicted molar refractivity (Wildman–Crippen MR) is 111 cm³/mol. The Balaban J connectivity index is 1.87. The SMILES string of the molecule is CCc1ccc(-c2c3ccsc3c(-c3ccc(CC)o3)c3ccsc23)o1. The zero-order chi connectivity index (χ0) is 17.7. The first-order chi connectivity index (χ1) is 12.8. The molecule has 0 radical (unpaired) electrons. The fourth-order valence-corrected chi connectivity index (χ4v) is 5.47. The summed E-state index contributed by atoms with van der Waals surface area (Å²) in [6, 6.07) is 12.8. The summed E-state index contributed by atoms with van der Waals surface area (Å²) in [5, 5.41) is 6.81. The molecule has 5 rings (SSSR count). The van der Waals surface area contributed by atoms with Crippen molar-refractivity contribution in [3.8, 4) is 22.6 Å². The number of furan rings is 2. The highest BCUT2D eigenvalue weighted by Gasteiger charge is 2.21. The van der Waals surface area contributed by atoms with Gasteiger partial charge in [-0.15, -0.1) is 22.7 Å². The molecule has 0 aliphatic rings. The quantitative estimate of drug-likeness (QED) is 0.319. The minimum Gasteiger partial charge on any atom is -0.461 e. The average molecular weight is 379 g/mol. The summed E-state index contributed by atoms with van der Waals surface area (Å²) in [6.07, 6.45) is 1.81. The number of aryl methyl sites for hydroxylation is 2. The third-order valence-corrected chi connectivity index (χ3v) is 6.70. The molecule has 0 N–H and O–H groups in total.